The highest BCUT2D eigenvalue weighted by Crippen LogP contribution is 2.21. The number of hydrogen-bond donors (Lipinski definition) is 0. The van der Waals surface area contributed by atoms with E-state index >= 15 is 0 Å². The van der Waals surface area contributed by atoms with Gasteiger partial charge in [0.2, 0.25) is 15.0 Å². The summed E-state index contributed by atoms with van der Waals surface area (Å²) in [7, 11) is -2.20. The first-order valence-electron chi connectivity index (χ1n) is 11.1. The molecular formula is C26H27N3O5S. The Kier molecular flexibility index (Phi) is 7.79. The van der Waals surface area contributed by atoms with Crippen molar-refractivity contribution >= 4 is 15.7 Å². The lowest BCUT2D eigenvalue weighted by atomic mass is 10.2. The monoisotopic (exact) mass is 493 g/mol. The molecule has 0 saturated heterocycles. The Morgan fingerprint density at radius 3 is 2.31 bits per heavy atom. The smallest absolute Gasteiger partial charge is 0.289 e. The molecule has 4 rings (SSSR count). The minimum Gasteiger partial charge on any atom is -0.459 e. The highest BCUT2D eigenvalue weighted by Gasteiger charge is 2.26. The normalized spacial score (nSPS) is 11.5. The first kappa shape index (κ1) is 24.4. The minimum absolute atomic E-state index is 0.0302. The van der Waals surface area contributed by atoms with Crippen molar-refractivity contribution in [1.29, 1.82) is 0 Å². The molecule has 9 heteroatoms. The summed E-state index contributed by atoms with van der Waals surface area (Å²) in [6.07, 6.45) is 2.96. The molecule has 2 aromatic carbocycles. The molecule has 0 unspecified atom stereocenters. The summed E-state index contributed by atoms with van der Waals surface area (Å²) in [5.74, 6) is -0.280. The maximum absolute atomic E-state index is 13.4. The van der Waals surface area contributed by atoms with E-state index < -0.39 is 9.84 Å². The molecular weight excluding hydrogens is 466 g/mol. The fourth-order valence-electron chi connectivity index (χ4n) is 3.77. The van der Waals surface area contributed by atoms with Gasteiger partial charge in [0.05, 0.1) is 43.6 Å². The van der Waals surface area contributed by atoms with Gasteiger partial charge in [0.15, 0.2) is 5.76 Å². The third-order valence-electron chi connectivity index (χ3n) is 5.50. The van der Waals surface area contributed by atoms with E-state index in [0.717, 1.165) is 5.56 Å². The number of imidazole rings is 1. The lowest BCUT2D eigenvalue weighted by molar-refractivity contribution is 0.0644. The minimum atomic E-state index is -3.75. The van der Waals surface area contributed by atoms with Gasteiger partial charge in [0.1, 0.15) is 0 Å². The molecule has 4 aromatic rings. The number of rotatable bonds is 11. The summed E-state index contributed by atoms with van der Waals surface area (Å²) in [4.78, 5) is 18.9. The van der Waals surface area contributed by atoms with E-state index in [2.05, 4.69) is 4.98 Å². The summed E-state index contributed by atoms with van der Waals surface area (Å²) < 4.78 is 39.0. The number of amides is 1. The van der Waals surface area contributed by atoms with E-state index in [1.165, 1.54) is 12.5 Å². The summed E-state index contributed by atoms with van der Waals surface area (Å²) in [5, 5.41) is -0.0302. The van der Waals surface area contributed by atoms with Crippen molar-refractivity contribution in [1.82, 2.24) is 14.5 Å². The van der Waals surface area contributed by atoms with E-state index in [4.69, 9.17) is 9.15 Å². The molecule has 2 aromatic heterocycles. The maximum Gasteiger partial charge on any atom is 0.289 e. The fourth-order valence-corrected chi connectivity index (χ4v) is 5.26. The zero-order chi connectivity index (χ0) is 24.7. The van der Waals surface area contributed by atoms with Crippen molar-refractivity contribution in [2.75, 3.05) is 20.3 Å². The SMILES string of the molecule is COCCN(Cc1cnc(S(=O)(=O)Cc2ccccc2)n1Cc1ccccc1)C(=O)c1ccco1. The van der Waals surface area contributed by atoms with Crippen molar-refractivity contribution in [3.63, 3.8) is 0 Å². The van der Waals surface area contributed by atoms with E-state index in [-0.39, 0.29) is 29.1 Å². The number of carbonyl (C=O) groups excluding carboxylic acids is 1. The van der Waals surface area contributed by atoms with Crippen LogP contribution in [0.1, 0.15) is 27.4 Å². The second kappa shape index (κ2) is 11.2. The standard InChI is InChI=1S/C26H27N3O5S/c1-33-16-14-28(25(30)24-13-8-15-34-24)19-23-17-27-26(29(23)18-21-9-4-2-5-10-21)35(31,32)20-22-11-6-3-7-12-22/h2-13,15,17H,14,16,18-20H2,1H3. The van der Waals surface area contributed by atoms with Crippen LogP contribution in [0.4, 0.5) is 0 Å². The van der Waals surface area contributed by atoms with Crippen LogP contribution >= 0.6 is 0 Å². The van der Waals surface area contributed by atoms with Crippen molar-refractivity contribution < 1.29 is 22.4 Å². The number of sulfone groups is 1. The number of nitrogens with zero attached hydrogens (tertiary/aromatic N) is 3. The molecule has 0 saturated carbocycles. The van der Waals surface area contributed by atoms with Crippen molar-refractivity contribution in [3.8, 4) is 0 Å². The summed E-state index contributed by atoms with van der Waals surface area (Å²) in [6.45, 7) is 1.06. The Morgan fingerprint density at radius 1 is 1.00 bits per heavy atom. The van der Waals surface area contributed by atoms with Gasteiger partial charge in [-0.3, -0.25) is 4.79 Å². The third kappa shape index (κ3) is 6.06. The van der Waals surface area contributed by atoms with Crippen LogP contribution in [0.2, 0.25) is 0 Å². The predicted molar refractivity (Wildman–Crippen MR) is 130 cm³/mol. The molecule has 0 spiro atoms. The topological polar surface area (TPSA) is 94.6 Å². The Labute approximate surface area is 204 Å². The van der Waals surface area contributed by atoms with Crippen LogP contribution in [-0.2, 0) is 33.4 Å². The van der Waals surface area contributed by atoms with Crippen LogP contribution in [0.5, 0.6) is 0 Å². The second-order valence-electron chi connectivity index (χ2n) is 8.05. The number of hydrogen-bond acceptors (Lipinski definition) is 6. The van der Waals surface area contributed by atoms with Gasteiger partial charge in [-0.25, -0.2) is 13.4 Å². The lowest BCUT2D eigenvalue weighted by Gasteiger charge is -2.22. The molecule has 0 bridgehead atoms. The second-order valence-corrected chi connectivity index (χ2v) is 9.93. The molecule has 0 fully saturated rings. The van der Waals surface area contributed by atoms with Gasteiger partial charge in [-0.05, 0) is 23.3 Å². The average molecular weight is 494 g/mol. The highest BCUT2D eigenvalue weighted by molar-refractivity contribution is 7.90. The number of aromatic nitrogens is 2. The summed E-state index contributed by atoms with van der Waals surface area (Å²) in [5.41, 5.74) is 2.19. The zero-order valence-electron chi connectivity index (χ0n) is 19.4. The van der Waals surface area contributed by atoms with Crippen LogP contribution in [-0.4, -0.2) is 49.0 Å². The van der Waals surface area contributed by atoms with Gasteiger partial charge in [-0.15, -0.1) is 0 Å². The molecule has 0 aliphatic carbocycles. The first-order chi connectivity index (χ1) is 17.0. The molecule has 8 nitrogen and oxygen atoms in total. The lowest BCUT2D eigenvalue weighted by Crippen LogP contribution is -2.34. The summed E-state index contributed by atoms with van der Waals surface area (Å²) >= 11 is 0. The fraction of sp³-hybridized carbons (Fsp3) is 0.231. The van der Waals surface area contributed by atoms with Crippen LogP contribution < -0.4 is 0 Å². The van der Waals surface area contributed by atoms with E-state index in [0.29, 0.717) is 31.0 Å². The Morgan fingerprint density at radius 2 is 1.69 bits per heavy atom. The van der Waals surface area contributed by atoms with Gasteiger partial charge >= 0.3 is 0 Å². The van der Waals surface area contributed by atoms with Crippen molar-refractivity contribution in [2.45, 2.75) is 24.0 Å². The molecule has 1 amide bonds. The van der Waals surface area contributed by atoms with E-state index in [9.17, 15) is 13.2 Å². The molecule has 182 valence electrons. The van der Waals surface area contributed by atoms with Gasteiger partial charge in [-0.2, -0.15) is 0 Å². The van der Waals surface area contributed by atoms with Crippen LogP contribution in [0.3, 0.4) is 0 Å². The van der Waals surface area contributed by atoms with Gasteiger partial charge in [0, 0.05) is 13.7 Å². The number of carbonyl (C=O) groups is 1. The Balaban J connectivity index is 1.70. The maximum atomic E-state index is 13.4. The number of furan rings is 1. The van der Waals surface area contributed by atoms with Gasteiger partial charge in [-0.1, -0.05) is 60.7 Å². The van der Waals surface area contributed by atoms with Gasteiger partial charge < -0.3 is 18.6 Å². The predicted octanol–water partition coefficient (Wildman–Crippen LogP) is 3.79. The molecule has 0 radical (unpaired) electrons. The van der Waals surface area contributed by atoms with E-state index in [1.54, 1.807) is 53.0 Å². The van der Waals surface area contributed by atoms with Gasteiger partial charge in [0.25, 0.3) is 5.91 Å². The number of ether oxygens (including phenoxy) is 1. The first-order valence-corrected chi connectivity index (χ1v) is 12.8. The zero-order valence-corrected chi connectivity index (χ0v) is 20.2. The van der Waals surface area contributed by atoms with Crippen LogP contribution in [0.25, 0.3) is 0 Å². The molecule has 0 aliphatic rings. The highest BCUT2D eigenvalue weighted by atomic mass is 32.2. The number of methoxy groups -OCH3 is 1. The molecule has 0 N–H and O–H groups in total. The molecule has 0 aliphatic heterocycles. The molecule has 2 heterocycles. The molecule has 0 atom stereocenters. The third-order valence-corrected chi connectivity index (χ3v) is 7.10. The Hall–Kier alpha value is -3.69. The Bertz CT molecular complexity index is 1330. The van der Waals surface area contributed by atoms with Crippen LogP contribution in [0.15, 0.2) is 94.8 Å². The van der Waals surface area contributed by atoms with Crippen molar-refractivity contribution in [3.05, 3.63) is 108 Å². The van der Waals surface area contributed by atoms with E-state index in [1.807, 2.05) is 36.4 Å². The van der Waals surface area contributed by atoms with Crippen molar-refractivity contribution in [2.24, 2.45) is 0 Å². The van der Waals surface area contributed by atoms with Crippen LogP contribution in [0, 0.1) is 0 Å². The average Bonchev–Trinajstić information content (AvgIpc) is 3.53. The summed E-state index contributed by atoms with van der Waals surface area (Å²) in [6, 6.07) is 21.8. The largest absolute Gasteiger partial charge is 0.459 e. The quantitative estimate of drug-likeness (QED) is 0.316. The molecule has 35 heavy (non-hydrogen) atoms. The number of benzene rings is 2.